The average Bonchev–Trinajstić information content (AvgIpc) is 2.38. The van der Waals surface area contributed by atoms with E-state index in [1.807, 2.05) is 0 Å². The van der Waals surface area contributed by atoms with Crippen molar-refractivity contribution >= 4 is 23.4 Å². The van der Waals surface area contributed by atoms with Crippen molar-refractivity contribution < 1.29 is 14.7 Å². The number of rotatable bonds is 3. The third-order valence-corrected chi connectivity index (χ3v) is 2.63. The zero-order valence-corrected chi connectivity index (χ0v) is 9.89. The molecule has 0 unspecified atom stereocenters. The molecule has 1 aromatic heterocycles. The highest BCUT2D eigenvalue weighted by Crippen LogP contribution is 2.19. The fourth-order valence-electron chi connectivity index (χ4n) is 1.55. The standard InChI is InChI=1S/C13H8ClNO3/c14-9-1-2-10(13(17)18)11(7-9)12(16)8-3-5-15-6-4-8/h1-7H,(H,17,18). The van der Waals surface area contributed by atoms with Gasteiger partial charge < -0.3 is 5.11 Å². The van der Waals surface area contributed by atoms with E-state index in [9.17, 15) is 9.59 Å². The van der Waals surface area contributed by atoms with Crippen molar-refractivity contribution in [2.45, 2.75) is 0 Å². The lowest BCUT2D eigenvalue weighted by Crippen LogP contribution is -2.09. The van der Waals surface area contributed by atoms with Crippen molar-refractivity contribution in [3.8, 4) is 0 Å². The van der Waals surface area contributed by atoms with Crippen LogP contribution in [0.3, 0.4) is 0 Å². The van der Waals surface area contributed by atoms with Crippen molar-refractivity contribution in [2.24, 2.45) is 0 Å². The Morgan fingerprint density at radius 2 is 1.72 bits per heavy atom. The first-order valence-corrected chi connectivity index (χ1v) is 5.45. The van der Waals surface area contributed by atoms with Crippen LogP contribution in [-0.4, -0.2) is 21.8 Å². The zero-order valence-electron chi connectivity index (χ0n) is 9.13. The minimum atomic E-state index is -1.16. The SMILES string of the molecule is O=C(O)c1ccc(Cl)cc1C(=O)c1ccncc1. The van der Waals surface area contributed by atoms with Gasteiger partial charge in [0.05, 0.1) is 5.56 Å². The molecule has 2 aromatic rings. The second-order valence-electron chi connectivity index (χ2n) is 3.56. The molecule has 1 N–H and O–H groups in total. The Morgan fingerprint density at radius 3 is 2.33 bits per heavy atom. The normalized spacial score (nSPS) is 10.1. The van der Waals surface area contributed by atoms with E-state index < -0.39 is 11.8 Å². The fraction of sp³-hybridized carbons (Fsp3) is 0. The van der Waals surface area contributed by atoms with Gasteiger partial charge in [-0.15, -0.1) is 0 Å². The molecule has 4 nitrogen and oxygen atoms in total. The first-order chi connectivity index (χ1) is 8.59. The topological polar surface area (TPSA) is 67.3 Å². The van der Waals surface area contributed by atoms with Gasteiger partial charge in [-0.3, -0.25) is 9.78 Å². The molecule has 90 valence electrons. The van der Waals surface area contributed by atoms with Gasteiger partial charge in [-0.25, -0.2) is 4.79 Å². The number of nitrogens with zero attached hydrogens (tertiary/aromatic N) is 1. The maximum absolute atomic E-state index is 12.2. The van der Waals surface area contributed by atoms with Crippen LogP contribution >= 0.6 is 11.6 Å². The summed E-state index contributed by atoms with van der Waals surface area (Å²) in [6, 6.07) is 7.16. The maximum atomic E-state index is 12.2. The maximum Gasteiger partial charge on any atom is 0.336 e. The van der Waals surface area contributed by atoms with E-state index in [1.165, 1.54) is 42.7 Å². The van der Waals surface area contributed by atoms with Crippen LogP contribution in [0.4, 0.5) is 0 Å². The van der Waals surface area contributed by atoms with Crippen molar-refractivity contribution in [2.75, 3.05) is 0 Å². The van der Waals surface area contributed by atoms with Crippen molar-refractivity contribution in [1.29, 1.82) is 0 Å². The number of hydrogen-bond donors (Lipinski definition) is 1. The molecule has 0 spiro atoms. The monoisotopic (exact) mass is 261 g/mol. The Labute approximate surface area is 108 Å². The highest BCUT2D eigenvalue weighted by molar-refractivity contribution is 6.31. The Balaban J connectivity index is 2.54. The summed E-state index contributed by atoms with van der Waals surface area (Å²) in [7, 11) is 0. The van der Waals surface area contributed by atoms with Gasteiger partial charge in [-0.1, -0.05) is 11.6 Å². The molecule has 0 saturated heterocycles. The van der Waals surface area contributed by atoms with E-state index in [-0.39, 0.29) is 11.1 Å². The van der Waals surface area contributed by atoms with Gasteiger partial charge in [0, 0.05) is 28.5 Å². The van der Waals surface area contributed by atoms with Crippen LogP contribution in [0.25, 0.3) is 0 Å². The average molecular weight is 262 g/mol. The summed E-state index contributed by atoms with van der Waals surface area (Å²) in [6.07, 6.45) is 2.94. The molecule has 0 aliphatic carbocycles. The molecular weight excluding hydrogens is 254 g/mol. The highest BCUT2D eigenvalue weighted by Gasteiger charge is 2.18. The molecule has 0 amide bonds. The van der Waals surface area contributed by atoms with Crippen LogP contribution in [0.1, 0.15) is 26.3 Å². The second-order valence-corrected chi connectivity index (χ2v) is 4.00. The largest absolute Gasteiger partial charge is 0.478 e. The number of carbonyl (C=O) groups is 2. The number of pyridine rings is 1. The fourth-order valence-corrected chi connectivity index (χ4v) is 1.72. The quantitative estimate of drug-likeness (QED) is 0.863. The number of ketones is 1. The Morgan fingerprint density at radius 1 is 1.06 bits per heavy atom. The first-order valence-electron chi connectivity index (χ1n) is 5.07. The number of aromatic carboxylic acids is 1. The molecule has 5 heteroatoms. The third kappa shape index (κ3) is 2.38. The van der Waals surface area contributed by atoms with Crippen LogP contribution in [0.2, 0.25) is 5.02 Å². The van der Waals surface area contributed by atoms with Crippen LogP contribution in [0.15, 0.2) is 42.7 Å². The Hall–Kier alpha value is -2.20. The molecule has 0 bridgehead atoms. The van der Waals surface area contributed by atoms with E-state index in [0.29, 0.717) is 10.6 Å². The molecule has 0 aliphatic heterocycles. The Bertz CT molecular complexity index is 611. The summed E-state index contributed by atoms with van der Waals surface area (Å²) in [5.74, 6) is -1.55. The summed E-state index contributed by atoms with van der Waals surface area (Å²) < 4.78 is 0. The summed E-state index contributed by atoms with van der Waals surface area (Å²) in [4.78, 5) is 27.0. The molecule has 2 rings (SSSR count). The van der Waals surface area contributed by atoms with Crippen LogP contribution in [-0.2, 0) is 0 Å². The summed E-state index contributed by atoms with van der Waals surface area (Å²) in [5.41, 5.74) is 0.372. The smallest absolute Gasteiger partial charge is 0.336 e. The summed E-state index contributed by atoms with van der Waals surface area (Å²) in [5, 5.41) is 9.36. The summed E-state index contributed by atoms with van der Waals surface area (Å²) in [6.45, 7) is 0. The van der Waals surface area contributed by atoms with Gasteiger partial charge in [0.25, 0.3) is 0 Å². The lowest BCUT2D eigenvalue weighted by atomic mass is 9.99. The van der Waals surface area contributed by atoms with Gasteiger partial charge in [-0.2, -0.15) is 0 Å². The van der Waals surface area contributed by atoms with E-state index in [2.05, 4.69) is 4.98 Å². The van der Waals surface area contributed by atoms with Crippen LogP contribution in [0.5, 0.6) is 0 Å². The van der Waals surface area contributed by atoms with E-state index in [1.54, 1.807) is 0 Å². The molecule has 1 aromatic carbocycles. The van der Waals surface area contributed by atoms with Gasteiger partial charge in [-0.05, 0) is 30.3 Å². The predicted octanol–water partition coefficient (Wildman–Crippen LogP) is 2.66. The van der Waals surface area contributed by atoms with Crippen LogP contribution < -0.4 is 0 Å². The first kappa shape index (κ1) is 12.3. The minimum Gasteiger partial charge on any atom is -0.478 e. The lowest BCUT2D eigenvalue weighted by molar-refractivity contribution is 0.0693. The van der Waals surface area contributed by atoms with Crippen molar-refractivity contribution in [1.82, 2.24) is 4.98 Å². The van der Waals surface area contributed by atoms with Crippen LogP contribution in [0, 0.1) is 0 Å². The van der Waals surface area contributed by atoms with Gasteiger partial charge in [0.15, 0.2) is 5.78 Å². The molecule has 0 saturated carbocycles. The number of hydrogen-bond acceptors (Lipinski definition) is 3. The number of benzene rings is 1. The minimum absolute atomic E-state index is 0.0683. The second kappa shape index (κ2) is 4.98. The number of carboxylic acids is 1. The Kier molecular flexibility index (Phi) is 3.39. The van der Waals surface area contributed by atoms with Gasteiger partial charge in [0.2, 0.25) is 0 Å². The molecule has 0 aliphatic rings. The number of carbonyl (C=O) groups excluding carboxylic acids is 1. The molecule has 1 heterocycles. The number of carboxylic acid groups (broad SMARTS) is 1. The molecule has 0 radical (unpaired) electrons. The van der Waals surface area contributed by atoms with Crippen molar-refractivity contribution in [3.05, 3.63) is 64.4 Å². The predicted molar refractivity (Wildman–Crippen MR) is 66.1 cm³/mol. The number of halogens is 1. The van der Waals surface area contributed by atoms with Gasteiger partial charge in [0.1, 0.15) is 0 Å². The third-order valence-electron chi connectivity index (χ3n) is 2.40. The molecular formula is C13H8ClNO3. The molecule has 0 fully saturated rings. The molecule has 0 atom stereocenters. The summed E-state index contributed by atoms with van der Waals surface area (Å²) >= 11 is 5.80. The highest BCUT2D eigenvalue weighted by atomic mass is 35.5. The number of aromatic nitrogens is 1. The lowest BCUT2D eigenvalue weighted by Gasteiger charge is -2.05. The van der Waals surface area contributed by atoms with E-state index >= 15 is 0 Å². The zero-order chi connectivity index (χ0) is 13.1. The van der Waals surface area contributed by atoms with E-state index in [0.717, 1.165) is 0 Å². The van der Waals surface area contributed by atoms with Gasteiger partial charge >= 0.3 is 5.97 Å². The van der Waals surface area contributed by atoms with E-state index in [4.69, 9.17) is 16.7 Å². The van der Waals surface area contributed by atoms with Crippen molar-refractivity contribution in [3.63, 3.8) is 0 Å². The molecule has 18 heavy (non-hydrogen) atoms.